The number of nitrogens with one attached hydrogen (secondary N) is 1. The number of hydrogen-bond acceptors (Lipinski definition) is 4. The van der Waals surface area contributed by atoms with Crippen LogP contribution in [0.15, 0.2) is 0 Å². The van der Waals surface area contributed by atoms with Gasteiger partial charge >= 0.3 is 0 Å². The van der Waals surface area contributed by atoms with E-state index in [2.05, 4.69) is 50.0 Å². The lowest BCUT2D eigenvalue weighted by Gasteiger charge is -2.35. The maximum Gasteiger partial charge on any atom is 0.0477 e. The molecular weight excluding hydrogens is 238 g/mol. The Morgan fingerprint density at radius 1 is 1.11 bits per heavy atom. The van der Waals surface area contributed by atoms with E-state index in [0.29, 0.717) is 12.1 Å². The maximum atomic E-state index is 5.34. The molecule has 0 aliphatic carbocycles. The Hall–Kier alpha value is -0.160. The summed E-state index contributed by atoms with van der Waals surface area (Å²) in [6.45, 7) is 14.9. The smallest absolute Gasteiger partial charge is 0.0477 e. The van der Waals surface area contributed by atoms with Crippen molar-refractivity contribution in [2.45, 2.75) is 46.2 Å². The molecule has 1 N–H and O–H groups in total. The number of ether oxygens (including phenoxy) is 1. The fourth-order valence-corrected chi connectivity index (χ4v) is 2.56. The van der Waals surface area contributed by atoms with Gasteiger partial charge in [0, 0.05) is 38.4 Å². The first kappa shape index (κ1) is 18.8. The molecule has 19 heavy (non-hydrogen) atoms. The fourth-order valence-electron chi connectivity index (χ4n) is 2.56. The zero-order valence-corrected chi connectivity index (χ0v) is 13.9. The van der Waals surface area contributed by atoms with E-state index in [4.69, 9.17) is 4.74 Å². The minimum atomic E-state index is 0.576. The van der Waals surface area contributed by atoms with Crippen LogP contribution in [-0.2, 0) is 4.74 Å². The van der Waals surface area contributed by atoms with Gasteiger partial charge in [0.05, 0.1) is 0 Å². The highest BCUT2D eigenvalue weighted by molar-refractivity contribution is 4.75. The Labute approximate surface area is 120 Å². The van der Waals surface area contributed by atoms with Crippen molar-refractivity contribution in [2.75, 3.05) is 53.5 Å². The van der Waals surface area contributed by atoms with Gasteiger partial charge in [-0.15, -0.1) is 0 Å². The van der Waals surface area contributed by atoms with E-state index in [0.717, 1.165) is 45.8 Å². The summed E-state index contributed by atoms with van der Waals surface area (Å²) < 4.78 is 5.34. The quantitative estimate of drug-likeness (QED) is 0.547. The standard InChI is InChI=1S/C15H35N3O/c1-7-18(15(4)13-17(5)6)14(3)12-16-10-9-11-19-8-2/h14-16H,7-13H2,1-6H3. The largest absolute Gasteiger partial charge is 0.382 e. The molecule has 0 saturated carbocycles. The minimum absolute atomic E-state index is 0.576. The highest BCUT2D eigenvalue weighted by Crippen LogP contribution is 2.05. The Balaban J connectivity index is 3.84. The molecule has 0 amide bonds. The molecule has 0 radical (unpaired) electrons. The van der Waals surface area contributed by atoms with Gasteiger partial charge in [-0.3, -0.25) is 4.90 Å². The van der Waals surface area contributed by atoms with Crippen LogP contribution in [0.25, 0.3) is 0 Å². The molecule has 0 bridgehead atoms. The molecule has 0 saturated heterocycles. The SMILES string of the molecule is CCOCCCNCC(C)N(CC)C(C)CN(C)C. The summed E-state index contributed by atoms with van der Waals surface area (Å²) in [5, 5.41) is 3.53. The van der Waals surface area contributed by atoms with E-state index < -0.39 is 0 Å². The first-order chi connectivity index (χ1) is 9.02. The molecule has 0 aliphatic heterocycles. The predicted molar refractivity (Wildman–Crippen MR) is 83.8 cm³/mol. The number of likely N-dealkylation sites (N-methyl/N-ethyl adjacent to an activating group) is 2. The van der Waals surface area contributed by atoms with Gasteiger partial charge in [-0.05, 0) is 54.4 Å². The van der Waals surface area contributed by atoms with Gasteiger partial charge in [-0.2, -0.15) is 0 Å². The minimum Gasteiger partial charge on any atom is -0.382 e. The zero-order valence-electron chi connectivity index (χ0n) is 13.9. The Kier molecular flexibility index (Phi) is 11.6. The van der Waals surface area contributed by atoms with Crippen LogP contribution in [-0.4, -0.2) is 75.4 Å². The van der Waals surface area contributed by atoms with Gasteiger partial charge in [-0.25, -0.2) is 0 Å². The highest BCUT2D eigenvalue weighted by Gasteiger charge is 2.18. The molecule has 0 fully saturated rings. The molecule has 0 aromatic rings. The molecule has 2 unspecified atom stereocenters. The van der Waals surface area contributed by atoms with E-state index in [1.807, 2.05) is 6.92 Å². The molecule has 0 aliphatic rings. The van der Waals surface area contributed by atoms with Gasteiger partial charge in [0.15, 0.2) is 0 Å². The van der Waals surface area contributed by atoms with Gasteiger partial charge in [0.25, 0.3) is 0 Å². The van der Waals surface area contributed by atoms with Gasteiger partial charge in [0.1, 0.15) is 0 Å². The van der Waals surface area contributed by atoms with Crippen molar-refractivity contribution in [3.63, 3.8) is 0 Å². The van der Waals surface area contributed by atoms with Crippen LogP contribution >= 0.6 is 0 Å². The lowest BCUT2D eigenvalue weighted by molar-refractivity contribution is 0.130. The zero-order chi connectivity index (χ0) is 14.7. The normalized spacial score (nSPS) is 15.2. The Morgan fingerprint density at radius 2 is 1.79 bits per heavy atom. The summed E-state index contributed by atoms with van der Waals surface area (Å²) in [5.41, 5.74) is 0. The summed E-state index contributed by atoms with van der Waals surface area (Å²) >= 11 is 0. The molecule has 2 atom stereocenters. The molecule has 4 nitrogen and oxygen atoms in total. The second-order valence-electron chi connectivity index (χ2n) is 5.55. The van der Waals surface area contributed by atoms with Crippen molar-refractivity contribution in [1.29, 1.82) is 0 Å². The highest BCUT2D eigenvalue weighted by atomic mass is 16.5. The van der Waals surface area contributed by atoms with E-state index >= 15 is 0 Å². The summed E-state index contributed by atoms with van der Waals surface area (Å²) in [6.07, 6.45) is 1.10. The van der Waals surface area contributed by atoms with E-state index in [1.165, 1.54) is 0 Å². The van der Waals surface area contributed by atoms with Crippen molar-refractivity contribution in [2.24, 2.45) is 0 Å². The summed E-state index contributed by atoms with van der Waals surface area (Å²) in [4.78, 5) is 4.82. The van der Waals surface area contributed by atoms with Crippen LogP contribution in [0.3, 0.4) is 0 Å². The van der Waals surface area contributed by atoms with Gasteiger partial charge in [-0.1, -0.05) is 6.92 Å². The Bertz CT molecular complexity index is 200. The topological polar surface area (TPSA) is 27.7 Å². The van der Waals surface area contributed by atoms with E-state index in [-0.39, 0.29) is 0 Å². The van der Waals surface area contributed by atoms with E-state index in [1.54, 1.807) is 0 Å². The van der Waals surface area contributed by atoms with Gasteiger partial charge < -0.3 is 15.0 Å². The lowest BCUT2D eigenvalue weighted by Crippen LogP contribution is -2.48. The van der Waals surface area contributed by atoms with Crippen molar-refractivity contribution < 1.29 is 4.74 Å². The summed E-state index contributed by atoms with van der Waals surface area (Å²) in [6, 6.07) is 1.17. The molecule has 0 aromatic carbocycles. The van der Waals surface area contributed by atoms with Crippen molar-refractivity contribution in [1.82, 2.24) is 15.1 Å². The third-order valence-electron chi connectivity index (χ3n) is 3.41. The number of nitrogens with zero attached hydrogens (tertiary/aromatic N) is 2. The average Bonchev–Trinajstić information content (AvgIpc) is 2.33. The molecule has 0 heterocycles. The second kappa shape index (κ2) is 11.6. The molecule has 116 valence electrons. The van der Waals surface area contributed by atoms with E-state index in [9.17, 15) is 0 Å². The third-order valence-corrected chi connectivity index (χ3v) is 3.41. The van der Waals surface area contributed by atoms with Crippen molar-refractivity contribution in [3.8, 4) is 0 Å². The number of hydrogen-bond donors (Lipinski definition) is 1. The van der Waals surface area contributed by atoms with Crippen LogP contribution in [0.4, 0.5) is 0 Å². The molecule has 0 aromatic heterocycles. The second-order valence-corrected chi connectivity index (χ2v) is 5.55. The van der Waals surface area contributed by atoms with Crippen LogP contribution in [0.5, 0.6) is 0 Å². The van der Waals surface area contributed by atoms with Crippen LogP contribution in [0.2, 0.25) is 0 Å². The first-order valence-corrected chi connectivity index (χ1v) is 7.71. The lowest BCUT2D eigenvalue weighted by atomic mass is 10.2. The van der Waals surface area contributed by atoms with Crippen LogP contribution in [0, 0.1) is 0 Å². The molecule has 4 heteroatoms. The monoisotopic (exact) mass is 273 g/mol. The summed E-state index contributed by atoms with van der Waals surface area (Å²) in [7, 11) is 4.28. The maximum absolute atomic E-state index is 5.34. The predicted octanol–water partition coefficient (Wildman–Crippen LogP) is 1.66. The summed E-state index contributed by atoms with van der Waals surface area (Å²) in [5.74, 6) is 0. The third kappa shape index (κ3) is 9.38. The molecule has 0 spiro atoms. The van der Waals surface area contributed by atoms with Crippen molar-refractivity contribution >= 4 is 0 Å². The Morgan fingerprint density at radius 3 is 2.32 bits per heavy atom. The first-order valence-electron chi connectivity index (χ1n) is 7.71. The van der Waals surface area contributed by atoms with Gasteiger partial charge in [0.2, 0.25) is 0 Å². The average molecular weight is 273 g/mol. The molecule has 0 rings (SSSR count). The fraction of sp³-hybridized carbons (Fsp3) is 1.00. The van der Waals surface area contributed by atoms with Crippen LogP contribution < -0.4 is 5.32 Å². The number of rotatable bonds is 12. The van der Waals surface area contributed by atoms with Crippen LogP contribution in [0.1, 0.15) is 34.1 Å². The molecular formula is C15H35N3O. The van der Waals surface area contributed by atoms with Crippen molar-refractivity contribution in [3.05, 3.63) is 0 Å².